The number of esters is 1. The van der Waals surface area contributed by atoms with E-state index < -0.39 is 0 Å². The number of carbonyl (C=O) groups excluding carboxylic acids is 1. The van der Waals surface area contributed by atoms with E-state index >= 15 is 0 Å². The first kappa shape index (κ1) is 7.80. The molecule has 0 radical (unpaired) electrons. The van der Waals surface area contributed by atoms with Gasteiger partial charge >= 0.3 is 5.97 Å². The number of rotatable bonds is 2. The summed E-state index contributed by atoms with van der Waals surface area (Å²) in [5.74, 6) is 0.807. The van der Waals surface area contributed by atoms with Gasteiger partial charge in [-0.15, -0.1) is 11.3 Å². The summed E-state index contributed by atoms with van der Waals surface area (Å²) in [7, 11) is 0. The zero-order valence-electron chi connectivity index (χ0n) is 6.66. The van der Waals surface area contributed by atoms with Crippen LogP contribution >= 0.6 is 11.3 Å². The van der Waals surface area contributed by atoms with Crippen LogP contribution in [0.25, 0.3) is 0 Å². The van der Waals surface area contributed by atoms with E-state index in [1.165, 1.54) is 6.42 Å². The first-order valence-electron chi connectivity index (χ1n) is 4.10. The van der Waals surface area contributed by atoms with Crippen LogP contribution in [-0.2, 0) is 4.79 Å². The van der Waals surface area contributed by atoms with E-state index in [0.717, 1.165) is 12.8 Å². The van der Waals surface area contributed by atoms with Crippen molar-refractivity contribution in [3.05, 3.63) is 16.8 Å². The second kappa shape index (κ2) is 3.27. The Labute approximate surface area is 75.2 Å². The zero-order chi connectivity index (χ0) is 8.39. The molecule has 1 aliphatic rings. The van der Waals surface area contributed by atoms with E-state index in [1.54, 1.807) is 11.3 Å². The molecule has 1 aliphatic carbocycles. The summed E-state index contributed by atoms with van der Waals surface area (Å²) in [5, 5.41) is 3.75. The van der Waals surface area contributed by atoms with Crippen molar-refractivity contribution in [3.8, 4) is 5.75 Å². The fourth-order valence-corrected chi connectivity index (χ4v) is 1.71. The van der Waals surface area contributed by atoms with Gasteiger partial charge in [-0.05, 0) is 24.3 Å². The summed E-state index contributed by atoms with van der Waals surface area (Å²) in [4.78, 5) is 11.3. The molecule has 1 heterocycles. The molecule has 0 saturated heterocycles. The van der Waals surface area contributed by atoms with Crippen LogP contribution in [0.15, 0.2) is 16.8 Å². The molecule has 1 saturated carbocycles. The highest BCUT2D eigenvalue weighted by molar-refractivity contribution is 7.08. The quantitative estimate of drug-likeness (QED) is 0.657. The minimum Gasteiger partial charge on any atom is -0.425 e. The molecule has 1 fully saturated rings. The minimum atomic E-state index is -0.0559. The second-order valence-electron chi connectivity index (χ2n) is 3.01. The Balaban J connectivity index is 1.90. The Hall–Kier alpha value is -0.830. The summed E-state index contributed by atoms with van der Waals surface area (Å²) < 4.78 is 5.13. The largest absolute Gasteiger partial charge is 0.425 e. The van der Waals surface area contributed by atoms with Crippen molar-refractivity contribution >= 4 is 17.3 Å². The molecule has 2 nitrogen and oxygen atoms in total. The average molecular weight is 182 g/mol. The molecular weight excluding hydrogens is 172 g/mol. The summed E-state index contributed by atoms with van der Waals surface area (Å²) in [5.41, 5.74) is 0. The number of hydrogen-bond acceptors (Lipinski definition) is 3. The van der Waals surface area contributed by atoms with Crippen LogP contribution in [-0.4, -0.2) is 5.97 Å². The maximum atomic E-state index is 11.3. The van der Waals surface area contributed by atoms with Crippen molar-refractivity contribution in [3.63, 3.8) is 0 Å². The molecular formula is C9H10O2S. The van der Waals surface area contributed by atoms with Crippen LogP contribution < -0.4 is 4.74 Å². The average Bonchev–Trinajstić information content (AvgIpc) is 2.34. The van der Waals surface area contributed by atoms with Crippen molar-refractivity contribution in [1.82, 2.24) is 0 Å². The Morgan fingerprint density at radius 2 is 2.42 bits per heavy atom. The normalized spacial score (nSPS) is 17.0. The van der Waals surface area contributed by atoms with Gasteiger partial charge in [0.05, 0.1) is 5.92 Å². The van der Waals surface area contributed by atoms with E-state index in [9.17, 15) is 4.79 Å². The molecule has 12 heavy (non-hydrogen) atoms. The molecule has 2 rings (SSSR count). The maximum Gasteiger partial charge on any atom is 0.314 e. The molecule has 3 heteroatoms. The van der Waals surface area contributed by atoms with Gasteiger partial charge in [-0.1, -0.05) is 6.42 Å². The van der Waals surface area contributed by atoms with Crippen LogP contribution in [0.2, 0.25) is 0 Å². The number of hydrogen-bond donors (Lipinski definition) is 0. The van der Waals surface area contributed by atoms with Gasteiger partial charge in [-0.3, -0.25) is 4.79 Å². The van der Waals surface area contributed by atoms with Gasteiger partial charge in [0.25, 0.3) is 0 Å². The number of thiophene rings is 1. The van der Waals surface area contributed by atoms with Crippen LogP contribution in [0.5, 0.6) is 5.75 Å². The lowest BCUT2D eigenvalue weighted by atomic mass is 9.86. The highest BCUT2D eigenvalue weighted by atomic mass is 32.1. The highest BCUT2D eigenvalue weighted by Gasteiger charge is 2.26. The molecule has 1 aromatic heterocycles. The van der Waals surface area contributed by atoms with Gasteiger partial charge in [0.1, 0.15) is 5.75 Å². The van der Waals surface area contributed by atoms with Gasteiger partial charge in [-0.2, -0.15) is 0 Å². The van der Waals surface area contributed by atoms with E-state index in [4.69, 9.17) is 4.74 Å². The fraction of sp³-hybridized carbons (Fsp3) is 0.444. The summed E-state index contributed by atoms with van der Waals surface area (Å²) in [6, 6.07) is 1.82. The first-order valence-corrected chi connectivity index (χ1v) is 5.04. The molecule has 0 aromatic carbocycles. The van der Waals surface area contributed by atoms with E-state index in [2.05, 4.69) is 0 Å². The Kier molecular flexibility index (Phi) is 2.13. The molecule has 0 spiro atoms. The van der Waals surface area contributed by atoms with Crippen molar-refractivity contribution in [2.45, 2.75) is 19.3 Å². The molecule has 64 valence electrons. The van der Waals surface area contributed by atoms with Gasteiger partial charge in [0.2, 0.25) is 0 Å². The predicted molar refractivity (Wildman–Crippen MR) is 47.3 cm³/mol. The molecule has 0 unspecified atom stereocenters. The fourth-order valence-electron chi connectivity index (χ4n) is 1.15. The van der Waals surface area contributed by atoms with Gasteiger partial charge in [0, 0.05) is 5.38 Å². The third-order valence-electron chi connectivity index (χ3n) is 2.15. The SMILES string of the molecule is O=C(Oc1ccsc1)C1CCC1. The Morgan fingerprint density at radius 3 is 2.92 bits per heavy atom. The summed E-state index contributed by atoms with van der Waals surface area (Å²) >= 11 is 1.54. The van der Waals surface area contributed by atoms with Crippen molar-refractivity contribution in [2.75, 3.05) is 0 Å². The van der Waals surface area contributed by atoms with Crippen molar-refractivity contribution in [1.29, 1.82) is 0 Å². The monoisotopic (exact) mass is 182 g/mol. The highest BCUT2D eigenvalue weighted by Crippen LogP contribution is 2.28. The molecule has 0 N–H and O–H groups in total. The summed E-state index contributed by atoms with van der Waals surface area (Å²) in [6.45, 7) is 0. The third kappa shape index (κ3) is 1.50. The van der Waals surface area contributed by atoms with Gasteiger partial charge < -0.3 is 4.74 Å². The van der Waals surface area contributed by atoms with Crippen molar-refractivity contribution < 1.29 is 9.53 Å². The molecule has 0 amide bonds. The van der Waals surface area contributed by atoms with Crippen LogP contribution in [0.3, 0.4) is 0 Å². The van der Waals surface area contributed by atoms with Crippen LogP contribution in [0.4, 0.5) is 0 Å². The van der Waals surface area contributed by atoms with E-state index in [0.29, 0.717) is 5.75 Å². The van der Waals surface area contributed by atoms with E-state index in [-0.39, 0.29) is 11.9 Å². The molecule has 1 aromatic rings. The predicted octanol–water partition coefficient (Wildman–Crippen LogP) is 2.45. The standard InChI is InChI=1S/C9H10O2S/c10-9(7-2-1-3-7)11-8-4-5-12-6-8/h4-7H,1-3H2. The summed E-state index contributed by atoms with van der Waals surface area (Å²) in [6.07, 6.45) is 3.18. The van der Waals surface area contributed by atoms with Gasteiger partial charge in [-0.25, -0.2) is 0 Å². The number of ether oxygens (including phenoxy) is 1. The second-order valence-corrected chi connectivity index (χ2v) is 3.79. The van der Waals surface area contributed by atoms with Crippen LogP contribution in [0, 0.1) is 5.92 Å². The zero-order valence-corrected chi connectivity index (χ0v) is 7.47. The lowest BCUT2D eigenvalue weighted by molar-refractivity contribution is -0.141. The van der Waals surface area contributed by atoms with Gasteiger partial charge in [0.15, 0.2) is 0 Å². The maximum absolute atomic E-state index is 11.3. The topological polar surface area (TPSA) is 26.3 Å². The molecule has 0 atom stereocenters. The lowest BCUT2D eigenvalue weighted by Gasteiger charge is -2.22. The molecule has 0 aliphatic heterocycles. The van der Waals surface area contributed by atoms with Crippen molar-refractivity contribution in [2.24, 2.45) is 5.92 Å². The Bertz CT molecular complexity index is 262. The lowest BCUT2D eigenvalue weighted by Crippen LogP contribution is -2.26. The van der Waals surface area contributed by atoms with E-state index in [1.807, 2.05) is 16.8 Å². The number of carbonyl (C=O) groups is 1. The minimum absolute atomic E-state index is 0.0559. The van der Waals surface area contributed by atoms with Crippen LogP contribution in [0.1, 0.15) is 19.3 Å². The Morgan fingerprint density at radius 1 is 1.58 bits per heavy atom. The smallest absolute Gasteiger partial charge is 0.314 e. The first-order chi connectivity index (χ1) is 5.86. The molecule has 0 bridgehead atoms. The third-order valence-corrected chi connectivity index (χ3v) is 2.81.